The molecule has 86 valence electrons. The summed E-state index contributed by atoms with van der Waals surface area (Å²) in [6.45, 7) is 3.95. The van der Waals surface area contributed by atoms with Crippen LogP contribution in [0.3, 0.4) is 0 Å². The molecule has 2 aromatic rings. The zero-order valence-electron chi connectivity index (χ0n) is 8.99. The summed E-state index contributed by atoms with van der Waals surface area (Å²) >= 11 is 1.21. The van der Waals surface area contributed by atoms with E-state index in [0.29, 0.717) is 22.0 Å². The van der Waals surface area contributed by atoms with Crippen LogP contribution in [0.5, 0.6) is 10.9 Å². The number of ether oxygens (including phenoxy) is 1. The highest BCUT2D eigenvalue weighted by atomic mass is 32.1. The Kier molecular flexibility index (Phi) is 3.16. The lowest BCUT2D eigenvalue weighted by Crippen LogP contribution is -1.99. The zero-order valence-corrected chi connectivity index (χ0v) is 9.81. The molecule has 0 aromatic carbocycles. The average Bonchev–Trinajstić information content (AvgIpc) is 2.87. The summed E-state index contributed by atoms with van der Waals surface area (Å²) < 4.78 is 7.24. The Morgan fingerprint density at radius 3 is 2.88 bits per heavy atom. The Balaban J connectivity index is 2.08. The molecule has 0 radical (unpaired) electrons. The maximum atomic E-state index is 8.83. The number of aliphatic hydroxyl groups excluding tert-OH is 1. The quantitative estimate of drug-likeness (QED) is 0.878. The summed E-state index contributed by atoms with van der Waals surface area (Å²) in [6, 6.07) is 0.291. The number of rotatable bonds is 4. The average molecular weight is 240 g/mol. The highest BCUT2D eigenvalue weighted by Crippen LogP contribution is 2.24. The predicted molar refractivity (Wildman–Crippen MR) is 58.5 cm³/mol. The molecule has 0 aliphatic rings. The van der Waals surface area contributed by atoms with Crippen molar-refractivity contribution in [3.8, 4) is 10.9 Å². The molecule has 0 unspecified atom stereocenters. The first-order chi connectivity index (χ1) is 7.69. The molecule has 7 heteroatoms. The molecule has 2 rings (SSSR count). The van der Waals surface area contributed by atoms with Gasteiger partial charge in [0.1, 0.15) is 5.01 Å². The third-order valence-corrected chi connectivity index (χ3v) is 2.68. The highest BCUT2D eigenvalue weighted by molar-refractivity contribution is 7.13. The summed E-state index contributed by atoms with van der Waals surface area (Å²) in [5, 5.41) is 21.4. The van der Waals surface area contributed by atoms with Crippen LogP contribution in [0.4, 0.5) is 0 Å². The molecule has 0 spiro atoms. The Morgan fingerprint density at radius 1 is 1.50 bits per heavy atom. The van der Waals surface area contributed by atoms with E-state index in [0.717, 1.165) is 0 Å². The molecule has 1 N–H and O–H groups in total. The lowest BCUT2D eigenvalue weighted by Gasteiger charge is -2.02. The molecule has 0 aliphatic heterocycles. The van der Waals surface area contributed by atoms with E-state index in [-0.39, 0.29) is 6.61 Å². The molecule has 6 nitrogen and oxygen atoms in total. The molecule has 2 heterocycles. The number of aromatic nitrogens is 4. The van der Waals surface area contributed by atoms with Crippen LogP contribution in [0, 0.1) is 0 Å². The van der Waals surface area contributed by atoms with Crippen LogP contribution in [0.2, 0.25) is 0 Å². The van der Waals surface area contributed by atoms with Gasteiger partial charge in [-0.15, -0.1) is 5.10 Å². The molecular weight excluding hydrogens is 228 g/mol. The third kappa shape index (κ3) is 2.37. The van der Waals surface area contributed by atoms with Crippen molar-refractivity contribution in [3.63, 3.8) is 0 Å². The van der Waals surface area contributed by atoms with E-state index < -0.39 is 0 Å². The number of hydrogen-bond acceptors (Lipinski definition) is 6. The Labute approximate surface area is 96.5 Å². The third-order valence-electron chi connectivity index (χ3n) is 1.90. The lowest BCUT2D eigenvalue weighted by molar-refractivity contribution is 0.280. The Bertz CT molecular complexity index is 466. The van der Waals surface area contributed by atoms with Gasteiger partial charge in [0.2, 0.25) is 0 Å². The van der Waals surface area contributed by atoms with Gasteiger partial charge >= 0.3 is 0 Å². The first-order valence-electron chi connectivity index (χ1n) is 4.84. The van der Waals surface area contributed by atoms with Gasteiger partial charge in [-0.2, -0.15) is 5.10 Å². The smallest absolute Gasteiger partial charge is 0.299 e. The molecule has 0 saturated carbocycles. The summed E-state index contributed by atoms with van der Waals surface area (Å²) in [4.78, 5) is 0. The van der Waals surface area contributed by atoms with Crippen molar-refractivity contribution >= 4 is 11.3 Å². The van der Waals surface area contributed by atoms with Crippen LogP contribution in [0.15, 0.2) is 12.4 Å². The van der Waals surface area contributed by atoms with Crippen LogP contribution >= 0.6 is 11.3 Å². The van der Waals surface area contributed by atoms with Gasteiger partial charge in [0.25, 0.3) is 5.19 Å². The van der Waals surface area contributed by atoms with E-state index in [1.807, 2.05) is 13.8 Å². The van der Waals surface area contributed by atoms with Crippen LogP contribution in [0.25, 0.3) is 0 Å². The van der Waals surface area contributed by atoms with E-state index in [1.54, 1.807) is 17.1 Å². The molecule has 2 aromatic heterocycles. The highest BCUT2D eigenvalue weighted by Gasteiger charge is 2.08. The molecule has 0 saturated heterocycles. The van der Waals surface area contributed by atoms with Gasteiger partial charge in [-0.25, -0.2) is 0 Å². The van der Waals surface area contributed by atoms with E-state index >= 15 is 0 Å². The van der Waals surface area contributed by atoms with Crippen molar-refractivity contribution in [1.29, 1.82) is 0 Å². The molecule has 0 aliphatic carbocycles. The van der Waals surface area contributed by atoms with Crippen LogP contribution < -0.4 is 4.74 Å². The van der Waals surface area contributed by atoms with Crippen LogP contribution in [0.1, 0.15) is 24.9 Å². The molecule has 16 heavy (non-hydrogen) atoms. The SMILES string of the molecule is CC(C)n1cc(Oc2nnc(CO)s2)cn1. The molecule has 0 bridgehead atoms. The van der Waals surface area contributed by atoms with Gasteiger partial charge in [-0.1, -0.05) is 16.4 Å². The first-order valence-corrected chi connectivity index (χ1v) is 5.66. The standard InChI is InChI=1S/C9H12N4O2S/c1-6(2)13-4-7(3-10-13)15-9-12-11-8(5-14)16-9/h3-4,6,14H,5H2,1-2H3. The maximum Gasteiger partial charge on any atom is 0.299 e. The largest absolute Gasteiger partial charge is 0.426 e. The minimum Gasteiger partial charge on any atom is -0.426 e. The minimum absolute atomic E-state index is 0.119. The summed E-state index contributed by atoms with van der Waals surface area (Å²) in [5.41, 5.74) is 0. The van der Waals surface area contributed by atoms with Gasteiger partial charge in [-0.3, -0.25) is 4.68 Å². The number of nitrogens with zero attached hydrogens (tertiary/aromatic N) is 4. The normalized spacial score (nSPS) is 11.0. The summed E-state index contributed by atoms with van der Waals surface area (Å²) in [5.74, 6) is 0.620. The fourth-order valence-corrected chi connectivity index (χ4v) is 1.67. The van der Waals surface area contributed by atoms with E-state index in [4.69, 9.17) is 9.84 Å². The van der Waals surface area contributed by atoms with Crippen molar-refractivity contribution in [1.82, 2.24) is 20.0 Å². The number of aliphatic hydroxyl groups is 1. The summed E-state index contributed by atoms with van der Waals surface area (Å²) in [7, 11) is 0. The fraction of sp³-hybridized carbons (Fsp3) is 0.444. The molecule has 0 fully saturated rings. The second kappa shape index (κ2) is 4.58. The predicted octanol–water partition coefficient (Wildman–Crippen LogP) is 1.60. The lowest BCUT2D eigenvalue weighted by atomic mass is 10.4. The second-order valence-corrected chi connectivity index (χ2v) is 4.50. The van der Waals surface area contributed by atoms with Gasteiger partial charge in [0, 0.05) is 6.04 Å². The van der Waals surface area contributed by atoms with Crippen molar-refractivity contribution in [3.05, 3.63) is 17.4 Å². The zero-order chi connectivity index (χ0) is 11.5. The maximum absolute atomic E-state index is 8.83. The van der Waals surface area contributed by atoms with E-state index in [1.165, 1.54) is 11.3 Å². The first kappa shape index (κ1) is 11.0. The van der Waals surface area contributed by atoms with Gasteiger partial charge in [0.15, 0.2) is 5.75 Å². The van der Waals surface area contributed by atoms with Crippen LogP contribution in [-0.2, 0) is 6.61 Å². The van der Waals surface area contributed by atoms with E-state index in [2.05, 4.69) is 15.3 Å². The van der Waals surface area contributed by atoms with Crippen molar-refractivity contribution < 1.29 is 9.84 Å². The minimum atomic E-state index is -0.119. The summed E-state index contributed by atoms with van der Waals surface area (Å²) in [6.07, 6.45) is 3.42. The number of hydrogen-bond donors (Lipinski definition) is 1. The molecular formula is C9H12N4O2S. The molecule has 0 atom stereocenters. The topological polar surface area (TPSA) is 73.1 Å². The Morgan fingerprint density at radius 2 is 2.31 bits per heavy atom. The van der Waals surface area contributed by atoms with E-state index in [9.17, 15) is 0 Å². The van der Waals surface area contributed by atoms with Gasteiger partial charge < -0.3 is 9.84 Å². The second-order valence-electron chi connectivity index (χ2n) is 3.47. The van der Waals surface area contributed by atoms with Gasteiger partial charge in [-0.05, 0) is 13.8 Å². The molecule has 0 amide bonds. The van der Waals surface area contributed by atoms with Gasteiger partial charge in [0.05, 0.1) is 19.0 Å². The van der Waals surface area contributed by atoms with Crippen molar-refractivity contribution in [2.24, 2.45) is 0 Å². The fourth-order valence-electron chi connectivity index (χ4n) is 1.10. The van der Waals surface area contributed by atoms with Crippen molar-refractivity contribution in [2.75, 3.05) is 0 Å². The van der Waals surface area contributed by atoms with Crippen molar-refractivity contribution in [2.45, 2.75) is 26.5 Å². The monoisotopic (exact) mass is 240 g/mol. The Hall–Kier alpha value is -1.47. The van der Waals surface area contributed by atoms with Crippen LogP contribution in [-0.4, -0.2) is 25.1 Å².